The third kappa shape index (κ3) is 5.05. The van der Waals surface area contributed by atoms with Crippen LogP contribution in [0.2, 0.25) is 0 Å². The lowest BCUT2D eigenvalue weighted by Crippen LogP contribution is -2.44. The lowest BCUT2D eigenvalue weighted by molar-refractivity contribution is -0.133. The van der Waals surface area contributed by atoms with Crippen molar-refractivity contribution >= 4 is 17.8 Å². The molecule has 1 aliphatic carbocycles. The van der Waals surface area contributed by atoms with E-state index in [-0.39, 0.29) is 48.9 Å². The lowest BCUT2D eigenvalue weighted by Gasteiger charge is -2.21. The van der Waals surface area contributed by atoms with Gasteiger partial charge in [0.2, 0.25) is 5.91 Å². The Bertz CT molecular complexity index is 842. The van der Waals surface area contributed by atoms with Crippen LogP contribution >= 0.6 is 0 Å². The van der Waals surface area contributed by atoms with E-state index in [9.17, 15) is 23.2 Å². The highest BCUT2D eigenvalue weighted by molar-refractivity contribution is 6.07. The number of carbonyl (C=O) groups excluding carboxylic acids is 3. The van der Waals surface area contributed by atoms with Gasteiger partial charge in [-0.25, -0.2) is 4.79 Å². The molecule has 0 aromatic heterocycles. The summed E-state index contributed by atoms with van der Waals surface area (Å²) >= 11 is 0. The molecule has 170 valence electrons. The fourth-order valence-corrected chi connectivity index (χ4v) is 4.14. The smallest absolute Gasteiger partial charge is 0.387 e. The first-order valence-electron chi connectivity index (χ1n) is 10.3. The molecule has 1 aliphatic heterocycles. The predicted octanol–water partition coefficient (Wildman–Crippen LogP) is 2.90. The maximum absolute atomic E-state index is 12.6. The second-order valence-electron chi connectivity index (χ2n) is 7.89. The van der Waals surface area contributed by atoms with E-state index in [1.54, 1.807) is 13.1 Å². The molecule has 1 saturated heterocycles. The number of carbonyl (C=O) groups is 3. The highest BCUT2D eigenvalue weighted by Crippen LogP contribution is 2.35. The van der Waals surface area contributed by atoms with Gasteiger partial charge in [0.05, 0.1) is 7.11 Å². The van der Waals surface area contributed by atoms with Crippen molar-refractivity contribution in [2.45, 2.75) is 57.2 Å². The van der Waals surface area contributed by atoms with Crippen LogP contribution in [-0.2, 0) is 16.1 Å². The average Bonchev–Trinajstić information content (AvgIpc) is 3.28. The zero-order chi connectivity index (χ0) is 22.6. The van der Waals surface area contributed by atoms with Crippen LogP contribution in [0.4, 0.5) is 13.6 Å². The predicted molar refractivity (Wildman–Crippen MR) is 107 cm³/mol. The van der Waals surface area contributed by atoms with Crippen molar-refractivity contribution in [3.05, 3.63) is 23.8 Å². The molecule has 1 N–H and O–H groups in total. The number of ether oxygens (including phenoxy) is 2. The Morgan fingerprint density at radius 3 is 2.61 bits per heavy atom. The van der Waals surface area contributed by atoms with Crippen LogP contribution in [0.15, 0.2) is 18.2 Å². The van der Waals surface area contributed by atoms with E-state index in [1.807, 2.05) is 0 Å². The molecular formula is C21H27F2N3O5. The fraction of sp³-hybridized carbons (Fsp3) is 0.571. The minimum atomic E-state index is -2.96. The third-order valence-electron chi connectivity index (χ3n) is 5.76. The van der Waals surface area contributed by atoms with Gasteiger partial charge in [0.25, 0.3) is 5.91 Å². The summed E-state index contributed by atoms with van der Waals surface area (Å²) in [7, 11) is 2.97. The molecule has 1 aromatic carbocycles. The molecule has 31 heavy (non-hydrogen) atoms. The highest BCUT2D eigenvalue weighted by Gasteiger charge is 2.52. The van der Waals surface area contributed by atoms with E-state index in [0.29, 0.717) is 24.8 Å². The number of benzene rings is 1. The van der Waals surface area contributed by atoms with Gasteiger partial charge in [0.15, 0.2) is 11.5 Å². The van der Waals surface area contributed by atoms with Crippen molar-refractivity contribution in [1.82, 2.24) is 15.1 Å². The number of hydrogen-bond acceptors (Lipinski definition) is 5. The summed E-state index contributed by atoms with van der Waals surface area (Å²) in [5, 5.41) is 2.82. The van der Waals surface area contributed by atoms with Gasteiger partial charge in [-0.2, -0.15) is 8.78 Å². The van der Waals surface area contributed by atoms with Gasteiger partial charge in [0.1, 0.15) is 5.54 Å². The number of imide groups is 1. The minimum absolute atomic E-state index is 0.0798. The van der Waals surface area contributed by atoms with Gasteiger partial charge < -0.3 is 19.7 Å². The first-order valence-corrected chi connectivity index (χ1v) is 10.3. The van der Waals surface area contributed by atoms with Gasteiger partial charge in [0, 0.05) is 26.6 Å². The molecule has 2 fully saturated rings. The third-order valence-corrected chi connectivity index (χ3v) is 5.76. The molecule has 3 rings (SSSR count). The van der Waals surface area contributed by atoms with Crippen molar-refractivity contribution in [3.63, 3.8) is 0 Å². The van der Waals surface area contributed by atoms with Crippen molar-refractivity contribution in [3.8, 4) is 11.5 Å². The van der Waals surface area contributed by atoms with Crippen LogP contribution in [0.5, 0.6) is 11.5 Å². The second kappa shape index (κ2) is 9.49. The molecule has 0 bridgehead atoms. The van der Waals surface area contributed by atoms with Crippen LogP contribution in [0, 0.1) is 0 Å². The molecule has 10 heteroatoms. The molecule has 8 nitrogen and oxygen atoms in total. The summed E-state index contributed by atoms with van der Waals surface area (Å²) in [6.07, 6.45) is 3.71. The lowest BCUT2D eigenvalue weighted by atomic mass is 9.98. The largest absolute Gasteiger partial charge is 0.493 e. The number of halogens is 2. The standard InChI is InChI=1S/C21H27F2N3O5/c1-25(13-14-7-8-15(31-19(22)23)16(12-14)30-2)17(27)6-5-11-26-18(28)21(24-20(26)29)9-3-4-10-21/h7-8,12,19H,3-6,9-11,13H2,1-2H3,(H,24,29). The summed E-state index contributed by atoms with van der Waals surface area (Å²) < 4.78 is 34.3. The van der Waals surface area contributed by atoms with E-state index in [1.165, 1.54) is 29.0 Å². The summed E-state index contributed by atoms with van der Waals surface area (Å²) in [5.74, 6) is -0.273. The SMILES string of the molecule is COc1cc(CN(C)C(=O)CCCN2C(=O)NC3(CCCC3)C2=O)ccc1OC(F)F. The molecule has 0 unspecified atom stereocenters. The molecule has 1 aromatic rings. The highest BCUT2D eigenvalue weighted by atomic mass is 19.3. The Labute approximate surface area is 179 Å². The average molecular weight is 439 g/mol. The van der Waals surface area contributed by atoms with Gasteiger partial charge >= 0.3 is 12.6 Å². The summed E-state index contributed by atoms with van der Waals surface area (Å²) in [5.41, 5.74) is -0.0523. The number of alkyl halides is 2. The first-order chi connectivity index (χ1) is 14.8. The molecule has 0 atom stereocenters. The second-order valence-corrected chi connectivity index (χ2v) is 7.89. The van der Waals surface area contributed by atoms with Crippen molar-refractivity contribution < 1.29 is 32.6 Å². The monoisotopic (exact) mass is 439 g/mol. The molecule has 1 saturated carbocycles. The maximum atomic E-state index is 12.6. The van der Waals surface area contributed by atoms with Crippen molar-refractivity contribution in [1.29, 1.82) is 0 Å². The number of nitrogens with zero attached hydrogens (tertiary/aromatic N) is 2. The van der Waals surface area contributed by atoms with Crippen molar-refractivity contribution in [2.24, 2.45) is 0 Å². The quantitative estimate of drug-likeness (QED) is 0.598. The summed E-state index contributed by atoms with van der Waals surface area (Å²) in [4.78, 5) is 40.0. The molecule has 4 amide bonds. The topological polar surface area (TPSA) is 88.2 Å². The van der Waals surface area contributed by atoms with Crippen LogP contribution in [0.1, 0.15) is 44.1 Å². The molecule has 0 radical (unpaired) electrons. The molecule has 1 spiro atoms. The summed E-state index contributed by atoms with van der Waals surface area (Å²) in [6, 6.07) is 4.11. The van der Waals surface area contributed by atoms with E-state index in [2.05, 4.69) is 10.1 Å². The number of methoxy groups -OCH3 is 1. The molecule has 1 heterocycles. The number of nitrogens with one attached hydrogen (secondary N) is 1. The Kier molecular flexibility index (Phi) is 6.97. The van der Waals surface area contributed by atoms with E-state index >= 15 is 0 Å². The Morgan fingerprint density at radius 1 is 1.26 bits per heavy atom. The summed E-state index contributed by atoms with van der Waals surface area (Å²) in [6.45, 7) is -2.52. The molecule has 2 aliphatic rings. The normalized spacial score (nSPS) is 17.4. The van der Waals surface area contributed by atoms with E-state index < -0.39 is 12.2 Å². The Hall–Kier alpha value is -2.91. The van der Waals surface area contributed by atoms with Gasteiger partial charge in [-0.05, 0) is 37.0 Å². The first kappa shape index (κ1) is 22.8. The van der Waals surface area contributed by atoms with Crippen LogP contribution in [-0.4, -0.2) is 60.5 Å². The van der Waals surface area contributed by atoms with Gasteiger partial charge in [-0.1, -0.05) is 18.9 Å². The Morgan fingerprint density at radius 2 is 1.97 bits per heavy atom. The van der Waals surface area contributed by atoms with Crippen LogP contribution < -0.4 is 14.8 Å². The zero-order valence-corrected chi connectivity index (χ0v) is 17.7. The number of rotatable bonds is 9. The molecular weight excluding hydrogens is 412 g/mol. The number of hydrogen-bond donors (Lipinski definition) is 1. The van der Waals surface area contributed by atoms with Crippen LogP contribution in [0.25, 0.3) is 0 Å². The Balaban J connectivity index is 1.50. The maximum Gasteiger partial charge on any atom is 0.387 e. The van der Waals surface area contributed by atoms with E-state index in [4.69, 9.17) is 4.74 Å². The zero-order valence-electron chi connectivity index (χ0n) is 17.7. The van der Waals surface area contributed by atoms with Crippen molar-refractivity contribution in [2.75, 3.05) is 20.7 Å². The van der Waals surface area contributed by atoms with Gasteiger partial charge in [-0.3, -0.25) is 14.5 Å². The number of amides is 4. The van der Waals surface area contributed by atoms with Crippen LogP contribution in [0.3, 0.4) is 0 Å². The number of urea groups is 1. The minimum Gasteiger partial charge on any atom is -0.493 e. The van der Waals surface area contributed by atoms with Gasteiger partial charge in [-0.15, -0.1) is 0 Å². The van der Waals surface area contributed by atoms with E-state index in [0.717, 1.165) is 12.8 Å². The fourth-order valence-electron chi connectivity index (χ4n) is 4.14.